The molecule has 1 nitrogen and oxygen atoms in total. The third-order valence-electron chi connectivity index (χ3n) is 14.5. The summed E-state index contributed by atoms with van der Waals surface area (Å²) >= 11 is 1.86. The molecule has 65 heavy (non-hydrogen) atoms. The molecule has 0 saturated heterocycles. The molecule has 0 bridgehead atoms. The van der Waals surface area contributed by atoms with Gasteiger partial charge in [0, 0.05) is 37.1 Å². The van der Waals surface area contributed by atoms with Gasteiger partial charge in [0.1, 0.15) is 0 Å². The van der Waals surface area contributed by atoms with Crippen LogP contribution in [0.3, 0.4) is 0 Å². The van der Waals surface area contributed by atoms with Gasteiger partial charge in [-0.2, -0.15) is 0 Å². The molecule has 2 heteroatoms. The first-order valence-corrected chi connectivity index (χ1v) is 23.4. The molecule has 3 aliphatic rings. The van der Waals surface area contributed by atoms with E-state index >= 15 is 0 Å². The second kappa shape index (κ2) is 14.4. The van der Waals surface area contributed by atoms with Crippen LogP contribution in [0.5, 0.6) is 0 Å². The van der Waals surface area contributed by atoms with Crippen LogP contribution in [-0.2, 0) is 10.8 Å². The van der Waals surface area contributed by atoms with Gasteiger partial charge in [0.25, 0.3) is 0 Å². The molecule has 13 rings (SSSR count). The first-order valence-electron chi connectivity index (χ1n) is 22.6. The van der Waals surface area contributed by atoms with Crippen molar-refractivity contribution in [1.29, 1.82) is 0 Å². The van der Waals surface area contributed by atoms with E-state index in [0.717, 1.165) is 17.1 Å². The lowest BCUT2D eigenvalue weighted by atomic mass is 9.67. The van der Waals surface area contributed by atoms with Crippen molar-refractivity contribution in [3.63, 3.8) is 0 Å². The molecule has 0 amide bonds. The van der Waals surface area contributed by atoms with Gasteiger partial charge in [0.05, 0.1) is 16.5 Å². The van der Waals surface area contributed by atoms with Crippen LogP contribution >= 0.6 is 11.3 Å². The van der Waals surface area contributed by atoms with Gasteiger partial charge in [-0.25, -0.2) is 0 Å². The van der Waals surface area contributed by atoms with Crippen molar-refractivity contribution in [2.75, 3.05) is 4.90 Å². The maximum Gasteiger partial charge on any atom is 0.0726 e. The van der Waals surface area contributed by atoms with Gasteiger partial charge in [-0.1, -0.05) is 207 Å². The van der Waals surface area contributed by atoms with Crippen molar-refractivity contribution in [2.24, 2.45) is 0 Å². The van der Waals surface area contributed by atoms with Crippen LogP contribution in [0, 0.1) is 0 Å². The summed E-state index contributed by atoms with van der Waals surface area (Å²) < 4.78 is 2.54. The Morgan fingerprint density at radius 3 is 1.62 bits per heavy atom. The number of anilines is 2. The van der Waals surface area contributed by atoms with Crippen LogP contribution in [-0.4, -0.2) is 0 Å². The number of fused-ring (bicyclic) bond motifs is 14. The average Bonchev–Trinajstić information content (AvgIpc) is 4.07. The van der Waals surface area contributed by atoms with Crippen molar-refractivity contribution >= 4 is 48.5 Å². The van der Waals surface area contributed by atoms with Gasteiger partial charge in [-0.05, 0) is 110 Å². The molecule has 0 atom stereocenters. The fourth-order valence-corrected chi connectivity index (χ4v) is 13.2. The fraction of sp³-hybridized carbons (Fsp3) is 0.0476. The molecule has 0 saturated carbocycles. The predicted molar refractivity (Wildman–Crippen MR) is 274 cm³/mol. The minimum Gasteiger partial charge on any atom is -0.310 e. The summed E-state index contributed by atoms with van der Waals surface area (Å²) in [7, 11) is 0. The average molecular weight is 846 g/mol. The largest absolute Gasteiger partial charge is 0.310 e. The third-order valence-corrected chi connectivity index (χ3v) is 15.6. The highest BCUT2D eigenvalue weighted by Crippen LogP contribution is 2.65. The van der Waals surface area contributed by atoms with E-state index in [9.17, 15) is 0 Å². The van der Waals surface area contributed by atoms with Crippen LogP contribution in [0.25, 0.3) is 48.0 Å². The lowest BCUT2D eigenvalue weighted by Gasteiger charge is -2.35. The highest BCUT2D eigenvalue weighted by molar-refractivity contribution is 7.25. The second-order valence-electron chi connectivity index (χ2n) is 17.5. The molecule has 1 aromatic heterocycles. The van der Waals surface area contributed by atoms with Crippen molar-refractivity contribution in [1.82, 2.24) is 0 Å². The maximum atomic E-state index is 5.15. The van der Waals surface area contributed by atoms with Crippen LogP contribution in [0.1, 0.15) is 51.4 Å². The van der Waals surface area contributed by atoms with Crippen molar-refractivity contribution in [2.45, 2.75) is 17.8 Å². The number of benzene rings is 9. The minimum atomic E-state index is -0.600. The van der Waals surface area contributed by atoms with E-state index in [1.54, 1.807) is 0 Å². The Morgan fingerprint density at radius 2 is 0.969 bits per heavy atom. The maximum absolute atomic E-state index is 5.15. The molecular formula is C63H43NS. The van der Waals surface area contributed by atoms with E-state index in [2.05, 4.69) is 242 Å². The van der Waals surface area contributed by atoms with Crippen LogP contribution in [0.2, 0.25) is 0 Å². The van der Waals surface area contributed by atoms with Crippen LogP contribution in [0.4, 0.5) is 11.4 Å². The minimum absolute atomic E-state index is 0.475. The monoisotopic (exact) mass is 845 g/mol. The zero-order valence-electron chi connectivity index (χ0n) is 36.0. The lowest BCUT2D eigenvalue weighted by Crippen LogP contribution is -2.29. The molecule has 0 aliphatic heterocycles. The Labute approximate surface area is 384 Å². The lowest BCUT2D eigenvalue weighted by molar-refractivity contribution is 0.767. The number of rotatable bonds is 6. The number of hydrogen-bond acceptors (Lipinski definition) is 2. The van der Waals surface area contributed by atoms with E-state index in [4.69, 9.17) is 6.58 Å². The van der Waals surface area contributed by atoms with Gasteiger partial charge in [-0.3, -0.25) is 0 Å². The SMILES string of the molecule is C=C(C=C1/C(=C\C)c2ccccc2C1(c1ccccc1)c1ccccc1)N(c1ccc2c(c1)sc1ccccc12)c1cccc2c1-c1ccccc1C21c2ccccc2-c2ccccc21. The smallest absolute Gasteiger partial charge is 0.0726 e. The summed E-state index contributed by atoms with van der Waals surface area (Å²) in [5.41, 5.74) is 19.8. The molecule has 1 heterocycles. The quantitative estimate of drug-likeness (QED) is 0.161. The van der Waals surface area contributed by atoms with Crippen LogP contribution in [0.15, 0.2) is 248 Å². The Kier molecular flexibility index (Phi) is 8.35. The van der Waals surface area contributed by atoms with Crippen molar-refractivity contribution in [3.05, 3.63) is 293 Å². The molecule has 0 unspecified atom stereocenters. The molecule has 0 N–H and O–H groups in total. The molecule has 10 aromatic rings. The zero-order chi connectivity index (χ0) is 43.3. The van der Waals surface area contributed by atoms with Gasteiger partial charge in [0.15, 0.2) is 0 Å². The summed E-state index contributed by atoms with van der Waals surface area (Å²) in [4.78, 5) is 2.45. The van der Waals surface area contributed by atoms with E-state index in [-0.39, 0.29) is 0 Å². The number of hydrogen-bond donors (Lipinski definition) is 0. The summed E-state index contributed by atoms with van der Waals surface area (Å²) in [6, 6.07) is 81.1. The summed E-state index contributed by atoms with van der Waals surface area (Å²) in [5.74, 6) is 0. The Balaban J connectivity index is 1.11. The summed E-state index contributed by atoms with van der Waals surface area (Å²) in [6.07, 6.45) is 4.70. The highest BCUT2D eigenvalue weighted by atomic mass is 32.1. The van der Waals surface area contributed by atoms with Gasteiger partial charge in [0.2, 0.25) is 0 Å². The number of nitrogens with zero attached hydrogens (tertiary/aromatic N) is 1. The van der Waals surface area contributed by atoms with Crippen LogP contribution < -0.4 is 4.90 Å². The Hall–Kier alpha value is -7.78. The number of thiophene rings is 1. The van der Waals surface area contributed by atoms with E-state index in [1.807, 2.05) is 11.3 Å². The normalized spacial score (nSPS) is 15.8. The molecule has 9 aromatic carbocycles. The zero-order valence-corrected chi connectivity index (χ0v) is 36.8. The number of allylic oxidation sites excluding steroid dienone is 4. The second-order valence-corrected chi connectivity index (χ2v) is 18.6. The van der Waals surface area contributed by atoms with Gasteiger partial charge < -0.3 is 4.90 Å². The van der Waals surface area contributed by atoms with Crippen molar-refractivity contribution < 1.29 is 0 Å². The first-order chi connectivity index (χ1) is 32.1. The summed E-state index contributed by atoms with van der Waals surface area (Å²) in [5, 5.41) is 2.56. The molecule has 1 spiro atoms. The Bertz CT molecular complexity index is 3560. The van der Waals surface area contributed by atoms with E-state index < -0.39 is 10.8 Å². The van der Waals surface area contributed by atoms with Crippen molar-refractivity contribution in [3.8, 4) is 22.3 Å². The Morgan fingerprint density at radius 1 is 0.462 bits per heavy atom. The fourth-order valence-electron chi connectivity index (χ4n) is 12.1. The summed E-state index contributed by atoms with van der Waals surface area (Å²) in [6.45, 7) is 7.33. The molecule has 0 radical (unpaired) electrons. The van der Waals surface area contributed by atoms with Gasteiger partial charge in [-0.15, -0.1) is 11.3 Å². The molecule has 0 fully saturated rings. The van der Waals surface area contributed by atoms with E-state index in [1.165, 1.54) is 98.1 Å². The third kappa shape index (κ3) is 5.09. The topological polar surface area (TPSA) is 3.24 Å². The first kappa shape index (κ1) is 37.7. The predicted octanol–water partition coefficient (Wildman–Crippen LogP) is 16.4. The molecule has 306 valence electrons. The molecule has 3 aliphatic carbocycles. The van der Waals surface area contributed by atoms with Gasteiger partial charge >= 0.3 is 0 Å². The van der Waals surface area contributed by atoms with E-state index in [0.29, 0.717) is 0 Å². The molecular weight excluding hydrogens is 803 g/mol. The highest BCUT2D eigenvalue weighted by Gasteiger charge is 2.53. The standard InChI is InChI=1S/C63H43NS/c1-3-45-46-25-10-15-30-52(46)62(42-21-6-4-7-22-42,43-23-8-5-9-24-43)57(45)39-41(2)64(44-37-38-50-49-28-14-19-36-59(49)65-60(50)40-44)58-35-20-34-56-61(58)51-29-13-18-33-55(51)63(56)53-31-16-11-26-47(53)48-27-12-17-32-54(48)63/h3-40H,2H2,1H3/b45-3-,57-39?.